The van der Waals surface area contributed by atoms with Gasteiger partial charge in [0.2, 0.25) is 0 Å². The average molecular weight is 290 g/mol. The molecular formula is C19H18N2O. The summed E-state index contributed by atoms with van der Waals surface area (Å²) in [4.78, 5) is 17.1. The van der Waals surface area contributed by atoms with Crippen LogP contribution in [-0.4, -0.2) is 9.55 Å². The van der Waals surface area contributed by atoms with Gasteiger partial charge in [0, 0.05) is 11.6 Å². The van der Waals surface area contributed by atoms with Crippen LogP contribution in [0.5, 0.6) is 0 Å². The maximum Gasteiger partial charge on any atom is 0.258 e. The van der Waals surface area contributed by atoms with Gasteiger partial charge in [-0.05, 0) is 32.9 Å². The van der Waals surface area contributed by atoms with E-state index in [9.17, 15) is 4.79 Å². The fourth-order valence-corrected chi connectivity index (χ4v) is 2.48. The van der Waals surface area contributed by atoms with E-state index in [0.29, 0.717) is 11.5 Å². The highest BCUT2D eigenvalue weighted by molar-refractivity contribution is 5.59. The second-order valence-corrected chi connectivity index (χ2v) is 5.56. The lowest BCUT2D eigenvalue weighted by molar-refractivity contribution is 0.873. The first kappa shape index (κ1) is 14.3. The zero-order valence-electron chi connectivity index (χ0n) is 13.0. The van der Waals surface area contributed by atoms with Crippen molar-refractivity contribution in [3.63, 3.8) is 0 Å². The highest BCUT2D eigenvalue weighted by Gasteiger charge is 2.08. The largest absolute Gasteiger partial charge is 0.269 e. The van der Waals surface area contributed by atoms with Gasteiger partial charge in [-0.25, -0.2) is 4.98 Å². The average Bonchev–Trinajstić information content (AvgIpc) is 2.49. The Labute approximate surface area is 129 Å². The molecule has 1 heterocycles. The molecule has 0 N–H and O–H groups in total. The van der Waals surface area contributed by atoms with Crippen LogP contribution >= 0.6 is 0 Å². The number of nitrogens with zero attached hydrogens (tertiary/aromatic N) is 2. The molecule has 110 valence electrons. The van der Waals surface area contributed by atoms with E-state index in [0.717, 1.165) is 11.3 Å². The van der Waals surface area contributed by atoms with Gasteiger partial charge in [-0.15, -0.1) is 0 Å². The first-order valence-electron chi connectivity index (χ1n) is 7.29. The standard InChI is InChI=1S/C19H18N2O/c1-13-4-8-16(9-5-13)18-12-19(22)21(15(3)20-18)17-10-6-14(2)7-11-17/h4-12H,1-3H3. The monoisotopic (exact) mass is 290 g/mol. The number of rotatable bonds is 2. The molecule has 0 saturated heterocycles. The van der Waals surface area contributed by atoms with E-state index in [1.165, 1.54) is 11.1 Å². The molecule has 0 radical (unpaired) electrons. The van der Waals surface area contributed by atoms with Gasteiger partial charge in [-0.1, -0.05) is 47.5 Å². The smallest absolute Gasteiger partial charge is 0.258 e. The summed E-state index contributed by atoms with van der Waals surface area (Å²) in [6.45, 7) is 5.93. The Hall–Kier alpha value is -2.68. The lowest BCUT2D eigenvalue weighted by Crippen LogP contribution is -2.21. The molecular weight excluding hydrogens is 272 g/mol. The number of aryl methyl sites for hydroxylation is 3. The Morgan fingerprint density at radius 3 is 1.91 bits per heavy atom. The highest BCUT2D eigenvalue weighted by Crippen LogP contribution is 2.17. The second kappa shape index (κ2) is 5.60. The van der Waals surface area contributed by atoms with E-state index in [1.54, 1.807) is 10.6 Å². The maximum atomic E-state index is 12.5. The summed E-state index contributed by atoms with van der Waals surface area (Å²) in [7, 11) is 0. The molecule has 22 heavy (non-hydrogen) atoms. The third kappa shape index (κ3) is 2.70. The van der Waals surface area contributed by atoms with E-state index < -0.39 is 0 Å². The van der Waals surface area contributed by atoms with Crippen molar-refractivity contribution in [3.05, 3.63) is 81.9 Å². The molecule has 2 aromatic carbocycles. The molecule has 3 rings (SSSR count). The Bertz CT molecular complexity index is 859. The van der Waals surface area contributed by atoms with Crippen LogP contribution in [0, 0.1) is 20.8 Å². The number of hydrogen-bond donors (Lipinski definition) is 0. The number of aromatic nitrogens is 2. The van der Waals surface area contributed by atoms with Crippen LogP contribution in [0.4, 0.5) is 0 Å². The maximum absolute atomic E-state index is 12.5. The lowest BCUT2D eigenvalue weighted by atomic mass is 10.1. The van der Waals surface area contributed by atoms with Crippen LogP contribution in [0.3, 0.4) is 0 Å². The van der Waals surface area contributed by atoms with Crippen LogP contribution in [0.1, 0.15) is 17.0 Å². The van der Waals surface area contributed by atoms with Crippen molar-refractivity contribution < 1.29 is 0 Å². The molecule has 3 aromatic rings. The van der Waals surface area contributed by atoms with Crippen molar-refractivity contribution >= 4 is 0 Å². The molecule has 0 aliphatic carbocycles. The first-order chi connectivity index (χ1) is 10.5. The Morgan fingerprint density at radius 1 is 0.818 bits per heavy atom. The van der Waals surface area contributed by atoms with Crippen molar-refractivity contribution in [2.24, 2.45) is 0 Å². The molecule has 0 bridgehead atoms. The molecule has 0 amide bonds. The number of hydrogen-bond acceptors (Lipinski definition) is 2. The molecule has 0 aliphatic heterocycles. The quantitative estimate of drug-likeness (QED) is 0.719. The minimum Gasteiger partial charge on any atom is -0.269 e. The molecule has 0 atom stereocenters. The van der Waals surface area contributed by atoms with Crippen LogP contribution in [-0.2, 0) is 0 Å². The summed E-state index contributed by atoms with van der Waals surface area (Å²) in [5.74, 6) is 0.687. The van der Waals surface area contributed by atoms with Crippen molar-refractivity contribution in [2.45, 2.75) is 20.8 Å². The SMILES string of the molecule is Cc1ccc(-c2cc(=O)n(-c3ccc(C)cc3)c(C)n2)cc1. The second-order valence-electron chi connectivity index (χ2n) is 5.56. The predicted molar refractivity (Wildman–Crippen MR) is 89.5 cm³/mol. The van der Waals surface area contributed by atoms with E-state index in [2.05, 4.69) is 4.98 Å². The normalized spacial score (nSPS) is 10.7. The van der Waals surface area contributed by atoms with Gasteiger partial charge >= 0.3 is 0 Å². The van der Waals surface area contributed by atoms with Crippen molar-refractivity contribution in [1.82, 2.24) is 9.55 Å². The van der Waals surface area contributed by atoms with Gasteiger partial charge in [0.25, 0.3) is 5.56 Å². The Morgan fingerprint density at radius 2 is 1.36 bits per heavy atom. The number of benzene rings is 2. The third-order valence-electron chi connectivity index (χ3n) is 3.73. The third-order valence-corrected chi connectivity index (χ3v) is 3.73. The highest BCUT2D eigenvalue weighted by atomic mass is 16.1. The minimum atomic E-state index is -0.0630. The summed E-state index contributed by atoms with van der Waals surface area (Å²) in [5.41, 5.74) is 4.81. The first-order valence-corrected chi connectivity index (χ1v) is 7.29. The van der Waals surface area contributed by atoms with E-state index >= 15 is 0 Å². The van der Waals surface area contributed by atoms with Crippen molar-refractivity contribution in [3.8, 4) is 16.9 Å². The van der Waals surface area contributed by atoms with Gasteiger partial charge in [-0.2, -0.15) is 0 Å². The van der Waals surface area contributed by atoms with Gasteiger partial charge in [-0.3, -0.25) is 9.36 Å². The summed E-state index contributed by atoms with van der Waals surface area (Å²) < 4.78 is 1.64. The summed E-state index contributed by atoms with van der Waals surface area (Å²) >= 11 is 0. The molecule has 0 unspecified atom stereocenters. The van der Waals surface area contributed by atoms with E-state index in [4.69, 9.17) is 0 Å². The Balaban J connectivity index is 2.10. The van der Waals surface area contributed by atoms with Gasteiger partial charge in [0.1, 0.15) is 5.82 Å². The molecule has 3 heteroatoms. The van der Waals surface area contributed by atoms with Crippen molar-refractivity contribution in [1.29, 1.82) is 0 Å². The van der Waals surface area contributed by atoms with Gasteiger partial charge < -0.3 is 0 Å². The molecule has 0 saturated carbocycles. The molecule has 0 aliphatic rings. The summed E-state index contributed by atoms with van der Waals surface area (Å²) in [6.07, 6.45) is 0. The van der Waals surface area contributed by atoms with Crippen LogP contribution in [0.15, 0.2) is 59.4 Å². The van der Waals surface area contributed by atoms with Crippen molar-refractivity contribution in [2.75, 3.05) is 0 Å². The molecule has 3 nitrogen and oxygen atoms in total. The fraction of sp³-hybridized carbons (Fsp3) is 0.158. The predicted octanol–water partition coefficient (Wildman–Crippen LogP) is 3.82. The zero-order valence-corrected chi connectivity index (χ0v) is 13.0. The topological polar surface area (TPSA) is 34.9 Å². The van der Waals surface area contributed by atoms with Crippen LogP contribution in [0.25, 0.3) is 16.9 Å². The Kier molecular flexibility index (Phi) is 3.63. The minimum absolute atomic E-state index is 0.0630. The van der Waals surface area contributed by atoms with Crippen LogP contribution < -0.4 is 5.56 Å². The summed E-state index contributed by atoms with van der Waals surface area (Å²) in [6, 6.07) is 17.5. The zero-order chi connectivity index (χ0) is 15.7. The molecule has 0 spiro atoms. The van der Waals surface area contributed by atoms with E-state index in [-0.39, 0.29) is 5.56 Å². The molecule has 0 fully saturated rings. The van der Waals surface area contributed by atoms with Gasteiger partial charge in [0.05, 0.1) is 11.4 Å². The fourth-order valence-electron chi connectivity index (χ4n) is 2.48. The summed E-state index contributed by atoms with van der Waals surface area (Å²) in [5, 5.41) is 0. The van der Waals surface area contributed by atoms with E-state index in [1.807, 2.05) is 69.3 Å². The lowest BCUT2D eigenvalue weighted by Gasteiger charge is -2.11. The van der Waals surface area contributed by atoms with Gasteiger partial charge in [0.15, 0.2) is 0 Å². The van der Waals surface area contributed by atoms with Crippen LogP contribution in [0.2, 0.25) is 0 Å². The molecule has 1 aromatic heterocycles.